The number of nitrogens with zero attached hydrogens (tertiary/aromatic N) is 5. The van der Waals surface area contributed by atoms with Gasteiger partial charge in [0.05, 0.1) is 20.7 Å². The van der Waals surface area contributed by atoms with E-state index < -0.39 is 102 Å². The number of hydroxylamine groups is 2. The number of hydrogen-bond acceptors (Lipinski definition) is 15. The molecule has 4 amide bonds. The Labute approximate surface area is 597 Å². The molecule has 0 atom stereocenters. The summed E-state index contributed by atoms with van der Waals surface area (Å²) < 4.78 is 140. The van der Waals surface area contributed by atoms with Crippen LogP contribution in [0.1, 0.15) is 136 Å². The van der Waals surface area contributed by atoms with Gasteiger partial charge >= 0.3 is 13.1 Å². The van der Waals surface area contributed by atoms with Crippen molar-refractivity contribution in [2.45, 2.75) is 124 Å². The molecule has 5 aliphatic rings. The number of amides is 4. The Bertz CT molecular complexity index is 4640. The SMILES string of the molecule is CC1(C)C(/C=C/C=C/C=C2/N(CCCCCC(=O)ON3C(=O)CCC3=O)c3ccc(S(=O)(=O)[O-])cc3C2(C)C)=[N+](CCCCCC(=O)N2CCN(C(=O)c3c(F)cc(F)c(B4OC(c5ccccc5)(c5ccccc5)C(c5ccccc5)(c5ccccc5)O4)c3F)CC2)c2ccc(S(=O)(=O)[O-])cc21. The molecule has 0 saturated carbocycles. The molecule has 0 spiro atoms. The molecule has 5 aliphatic heterocycles. The summed E-state index contributed by atoms with van der Waals surface area (Å²) >= 11 is 0. The Kier molecular flexibility index (Phi) is 21.0. The van der Waals surface area contributed by atoms with Gasteiger partial charge in [0.1, 0.15) is 61.0 Å². The van der Waals surface area contributed by atoms with Crippen molar-refractivity contribution in [1.82, 2.24) is 14.9 Å². The third-order valence-electron chi connectivity index (χ3n) is 20.1. The van der Waals surface area contributed by atoms with Crippen molar-refractivity contribution in [3.05, 3.63) is 256 Å². The van der Waals surface area contributed by atoms with E-state index in [-0.39, 0.29) is 67.6 Å². The van der Waals surface area contributed by atoms with Gasteiger partial charge in [0.15, 0.2) is 5.71 Å². The summed E-state index contributed by atoms with van der Waals surface area (Å²) in [5, 5.41) is 0.514. The lowest BCUT2D eigenvalue weighted by molar-refractivity contribution is -0.438. The van der Waals surface area contributed by atoms with E-state index in [0.717, 1.165) is 11.4 Å². The summed E-state index contributed by atoms with van der Waals surface area (Å²) in [6, 6.07) is 45.7. The average Bonchev–Trinajstić information content (AvgIpc) is 1.55. The first-order chi connectivity index (χ1) is 49.2. The van der Waals surface area contributed by atoms with Crippen LogP contribution in [0.15, 0.2) is 210 Å². The maximum atomic E-state index is 17.6. The van der Waals surface area contributed by atoms with Gasteiger partial charge in [-0.15, -0.1) is 5.06 Å². The minimum absolute atomic E-state index is 0.0209. The summed E-state index contributed by atoms with van der Waals surface area (Å²) in [5.41, 5.74) is -0.193. The lowest BCUT2D eigenvalue weighted by atomic mass is 9.66. The third-order valence-corrected chi connectivity index (χ3v) is 21.8. The predicted octanol–water partition coefficient (Wildman–Crippen LogP) is 11.4. The van der Waals surface area contributed by atoms with Crippen LogP contribution in [0.3, 0.4) is 0 Å². The van der Waals surface area contributed by atoms with Gasteiger partial charge in [0.25, 0.3) is 17.7 Å². The van der Waals surface area contributed by atoms with Gasteiger partial charge in [0, 0.05) is 105 Å². The molecule has 7 aromatic carbocycles. The van der Waals surface area contributed by atoms with E-state index in [9.17, 15) is 49.9 Å². The molecule has 0 aliphatic carbocycles. The van der Waals surface area contributed by atoms with Crippen LogP contribution in [0, 0.1) is 17.5 Å². The normalized spacial score (nSPS) is 18.1. The van der Waals surface area contributed by atoms with Gasteiger partial charge in [-0.1, -0.05) is 160 Å². The largest absolute Gasteiger partial charge is 0.744 e. The van der Waals surface area contributed by atoms with Crippen molar-refractivity contribution in [3.63, 3.8) is 0 Å². The zero-order valence-electron chi connectivity index (χ0n) is 57.3. The highest BCUT2D eigenvalue weighted by Gasteiger charge is 2.67. The highest BCUT2D eigenvalue weighted by molar-refractivity contribution is 7.86. The number of rotatable bonds is 24. The Hall–Kier alpha value is -9.63. The predicted molar refractivity (Wildman–Crippen MR) is 376 cm³/mol. The molecule has 0 bridgehead atoms. The van der Waals surface area contributed by atoms with Gasteiger partial charge in [-0.3, -0.25) is 19.2 Å². The summed E-state index contributed by atoms with van der Waals surface area (Å²) in [6.45, 7) is 8.49. The van der Waals surface area contributed by atoms with Crippen LogP contribution in [-0.2, 0) is 75.6 Å². The molecule has 0 unspecified atom stereocenters. The van der Waals surface area contributed by atoms with Gasteiger partial charge in [-0.05, 0) is 104 Å². The maximum absolute atomic E-state index is 17.6. The average molecular weight is 1440 g/mol. The lowest BCUT2D eigenvalue weighted by Gasteiger charge is -2.46. The van der Waals surface area contributed by atoms with Crippen molar-refractivity contribution < 1.29 is 81.8 Å². The molecular formula is C78H76BF3N5O14S2-. The number of imide groups is 1. The fourth-order valence-corrected chi connectivity index (χ4v) is 15.9. The second-order valence-electron chi connectivity index (χ2n) is 27.2. The van der Waals surface area contributed by atoms with Crippen molar-refractivity contribution in [2.75, 3.05) is 44.2 Å². The molecular weight excluding hydrogens is 1360 g/mol. The maximum Gasteiger partial charge on any atom is 0.501 e. The monoisotopic (exact) mass is 1440 g/mol. The quantitative estimate of drug-likeness (QED) is 0.0136. The van der Waals surface area contributed by atoms with E-state index >= 15 is 13.2 Å². The van der Waals surface area contributed by atoms with Gasteiger partial charge in [-0.25, -0.2) is 34.8 Å². The minimum Gasteiger partial charge on any atom is -0.744 e. The fraction of sp³-hybridized carbons (Fsp3) is 0.308. The number of carbonyl (C=O) groups is 5. The van der Waals surface area contributed by atoms with Crippen molar-refractivity contribution >= 4 is 79.5 Å². The first-order valence-corrected chi connectivity index (χ1v) is 37.1. The van der Waals surface area contributed by atoms with E-state index in [1.54, 1.807) is 23.1 Å². The standard InChI is InChI=1S/C78H77BF3N5O14S2/c1-75(2)59-50-57(102(93,94)95)38-40-63(59)85(65(75)34-20-9-21-35-66-76(3,4)60-51-58(103(96,97)98)39-41-64(60)86(66)45-25-11-23-37-70(91)99-87-68(89)42-43-69(87)90)44-24-10-22-36-67(88)83-46-48-84(49-47-83)74(92)71-61(80)52-62(81)72(73(71)82)79-100-77(53-26-12-5-13-27-53,54-28-14-6-15-29-54)78(101-79,55-30-16-7-17-31-55)56-32-18-8-19-33-56/h5-9,12-21,26-35,38-41,50-52H,10-11,22-25,36-37,42-49H2,1-4H3,(H-,93,94,95,96,97,98)/p-1. The summed E-state index contributed by atoms with van der Waals surface area (Å²) in [4.78, 5) is 73.9. The molecule has 103 heavy (non-hydrogen) atoms. The number of halogens is 3. The van der Waals surface area contributed by atoms with Crippen LogP contribution in [0.25, 0.3) is 0 Å². The number of benzene rings is 7. The molecule has 3 saturated heterocycles. The number of hydrogen-bond donors (Lipinski definition) is 0. The molecule has 7 aromatic rings. The van der Waals surface area contributed by atoms with E-state index in [1.165, 1.54) is 29.2 Å². The molecule has 25 heteroatoms. The number of fused-ring (bicyclic) bond motifs is 2. The molecule has 5 heterocycles. The smallest absolute Gasteiger partial charge is 0.501 e. The van der Waals surface area contributed by atoms with E-state index in [4.69, 9.17) is 14.1 Å². The molecule has 3 fully saturated rings. The first-order valence-electron chi connectivity index (χ1n) is 34.3. The van der Waals surface area contributed by atoms with Gasteiger partial charge in [0.2, 0.25) is 11.6 Å². The Morgan fingerprint density at radius 2 is 1.09 bits per heavy atom. The number of piperazine rings is 1. The number of unbranched alkanes of at least 4 members (excludes halogenated alkanes) is 4. The third kappa shape index (κ3) is 14.2. The van der Waals surface area contributed by atoms with Crippen LogP contribution in [0.2, 0.25) is 0 Å². The fourth-order valence-electron chi connectivity index (χ4n) is 14.9. The molecule has 0 aromatic heterocycles. The lowest BCUT2D eigenvalue weighted by Crippen LogP contribution is -2.51. The summed E-state index contributed by atoms with van der Waals surface area (Å²) in [6.07, 6.45) is 12.4. The van der Waals surface area contributed by atoms with E-state index in [2.05, 4.69) is 4.58 Å². The Balaban J connectivity index is 0.713. The number of anilines is 1. The first kappa shape index (κ1) is 73.1. The zero-order valence-corrected chi connectivity index (χ0v) is 58.9. The van der Waals surface area contributed by atoms with Crippen molar-refractivity contribution in [2.24, 2.45) is 0 Å². The number of allylic oxidation sites excluding steroid dienone is 6. The Morgan fingerprint density at radius 1 is 0.583 bits per heavy atom. The van der Waals surface area contributed by atoms with Crippen LogP contribution in [0.5, 0.6) is 0 Å². The van der Waals surface area contributed by atoms with Crippen LogP contribution in [-0.4, -0.2) is 127 Å². The zero-order chi connectivity index (χ0) is 73.2. The van der Waals surface area contributed by atoms with Crippen LogP contribution in [0.4, 0.5) is 24.5 Å². The van der Waals surface area contributed by atoms with Crippen molar-refractivity contribution in [1.29, 1.82) is 0 Å². The van der Waals surface area contributed by atoms with Gasteiger partial charge in [-0.2, -0.15) is 4.58 Å². The van der Waals surface area contributed by atoms with E-state index in [0.29, 0.717) is 107 Å². The molecule has 19 nitrogen and oxygen atoms in total. The highest BCUT2D eigenvalue weighted by atomic mass is 32.2. The molecule has 534 valence electrons. The minimum atomic E-state index is -4.82. The second-order valence-corrected chi connectivity index (χ2v) is 29.9. The number of carbonyl (C=O) groups excluding carboxylic acids is 5. The molecule has 0 radical (unpaired) electrons. The Morgan fingerprint density at radius 3 is 1.63 bits per heavy atom. The van der Waals surface area contributed by atoms with Crippen molar-refractivity contribution in [3.8, 4) is 0 Å². The van der Waals surface area contributed by atoms with Crippen LogP contribution < -0.4 is 10.4 Å². The summed E-state index contributed by atoms with van der Waals surface area (Å²) in [7, 11) is -11.5. The molecule has 0 N–H and O–H groups in total. The molecule has 12 rings (SSSR count). The topological polar surface area (TPSA) is 243 Å². The van der Waals surface area contributed by atoms with Gasteiger partial charge < -0.3 is 38.0 Å². The second kappa shape index (κ2) is 29.6. The van der Waals surface area contributed by atoms with E-state index in [1.807, 2.05) is 178 Å². The highest BCUT2D eigenvalue weighted by Crippen LogP contribution is 2.59. The summed E-state index contributed by atoms with van der Waals surface area (Å²) in [5.74, 6) is -7.32. The van der Waals surface area contributed by atoms with Crippen LogP contribution >= 0.6 is 0 Å².